The zero-order valence-electron chi connectivity index (χ0n) is 13.6. The number of nitrogens with one attached hydrogen (secondary N) is 1. The van der Waals surface area contributed by atoms with Crippen molar-refractivity contribution in [2.24, 2.45) is 0 Å². The van der Waals surface area contributed by atoms with Crippen LogP contribution in [-0.4, -0.2) is 26.0 Å². The molecule has 0 atom stereocenters. The molecule has 118 valence electrons. The third-order valence-corrected chi connectivity index (χ3v) is 5.27. The number of thioether (sulfide) groups is 1. The molecule has 4 heteroatoms. The van der Waals surface area contributed by atoms with Crippen molar-refractivity contribution in [3.8, 4) is 11.5 Å². The molecule has 2 rings (SSSR count). The smallest absolute Gasteiger partial charge is 0.161 e. The lowest BCUT2D eigenvalue weighted by atomic mass is 9.83. The van der Waals surface area contributed by atoms with Crippen LogP contribution < -0.4 is 14.8 Å². The van der Waals surface area contributed by atoms with Gasteiger partial charge in [-0.3, -0.25) is 0 Å². The van der Waals surface area contributed by atoms with Crippen LogP contribution >= 0.6 is 11.8 Å². The minimum absolute atomic E-state index is 0.279. The number of rotatable bonds is 6. The second-order valence-electron chi connectivity index (χ2n) is 5.99. The molecule has 1 aliphatic carbocycles. The highest BCUT2D eigenvalue weighted by molar-refractivity contribution is 7.98. The van der Waals surface area contributed by atoms with Crippen molar-refractivity contribution in [1.82, 2.24) is 5.32 Å². The van der Waals surface area contributed by atoms with E-state index in [1.807, 2.05) is 0 Å². The molecule has 21 heavy (non-hydrogen) atoms. The SMILES string of the molecule is COc1cc(CNC2(C)CCCCC2)c(SC)cc1OC. The first-order chi connectivity index (χ1) is 10.1. The molecule has 1 N–H and O–H groups in total. The third kappa shape index (κ3) is 4.07. The van der Waals surface area contributed by atoms with Crippen LogP contribution in [-0.2, 0) is 6.54 Å². The average molecular weight is 309 g/mol. The summed E-state index contributed by atoms with van der Waals surface area (Å²) in [6.07, 6.45) is 8.70. The predicted octanol–water partition coefficient (Wildman–Crippen LogP) is 4.24. The highest BCUT2D eigenvalue weighted by Gasteiger charge is 2.26. The molecule has 0 saturated heterocycles. The predicted molar refractivity (Wildman–Crippen MR) is 89.7 cm³/mol. The highest BCUT2D eigenvalue weighted by Crippen LogP contribution is 2.35. The van der Waals surface area contributed by atoms with E-state index in [1.165, 1.54) is 42.6 Å². The molecule has 1 aromatic rings. The van der Waals surface area contributed by atoms with Crippen molar-refractivity contribution in [2.45, 2.75) is 56.0 Å². The molecule has 1 fully saturated rings. The Balaban J connectivity index is 2.14. The maximum absolute atomic E-state index is 5.43. The van der Waals surface area contributed by atoms with Gasteiger partial charge >= 0.3 is 0 Å². The van der Waals surface area contributed by atoms with Crippen LogP contribution in [0, 0.1) is 0 Å². The average Bonchev–Trinajstić information content (AvgIpc) is 2.52. The monoisotopic (exact) mass is 309 g/mol. The lowest BCUT2D eigenvalue weighted by Crippen LogP contribution is -2.43. The first kappa shape index (κ1) is 16.5. The second kappa shape index (κ2) is 7.41. The number of hydrogen-bond donors (Lipinski definition) is 1. The van der Waals surface area contributed by atoms with Crippen LogP contribution in [0.15, 0.2) is 17.0 Å². The Kier molecular flexibility index (Phi) is 5.82. The van der Waals surface area contributed by atoms with E-state index in [1.54, 1.807) is 26.0 Å². The van der Waals surface area contributed by atoms with Crippen LogP contribution in [0.4, 0.5) is 0 Å². The number of ether oxygens (including phenoxy) is 2. The number of methoxy groups -OCH3 is 2. The van der Waals surface area contributed by atoms with E-state index in [4.69, 9.17) is 9.47 Å². The third-order valence-electron chi connectivity index (χ3n) is 4.45. The molecule has 3 nitrogen and oxygen atoms in total. The molecule has 0 bridgehead atoms. The Morgan fingerprint density at radius 2 is 1.71 bits per heavy atom. The van der Waals surface area contributed by atoms with Crippen LogP contribution in [0.5, 0.6) is 11.5 Å². The molecule has 0 unspecified atom stereocenters. The Labute approximate surface area is 132 Å². The van der Waals surface area contributed by atoms with Gasteiger partial charge in [-0.05, 0) is 43.7 Å². The summed E-state index contributed by atoms with van der Waals surface area (Å²) in [6.45, 7) is 3.23. The summed E-state index contributed by atoms with van der Waals surface area (Å²) in [6, 6.07) is 4.17. The standard InChI is InChI=1S/C17H27NO2S/c1-17(8-6-5-7-9-17)18-12-13-10-14(19-2)15(20-3)11-16(13)21-4/h10-11,18H,5-9,12H2,1-4H3. The summed E-state index contributed by atoms with van der Waals surface area (Å²) >= 11 is 1.75. The first-order valence-corrected chi connectivity index (χ1v) is 8.88. The molecule has 0 spiro atoms. The van der Waals surface area contributed by atoms with E-state index in [-0.39, 0.29) is 5.54 Å². The Hall–Kier alpha value is -0.870. The van der Waals surface area contributed by atoms with Gasteiger partial charge in [0.15, 0.2) is 11.5 Å². The molecule has 0 radical (unpaired) electrons. The van der Waals surface area contributed by atoms with Crippen LogP contribution in [0.3, 0.4) is 0 Å². The van der Waals surface area contributed by atoms with E-state index in [0.29, 0.717) is 0 Å². The maximum atomic E-state index is 5.43. The van der Waals surface area contributed by atoms with Crippen molar-refractivity contribution < 1.29 is 9.47 Å². The van der Waals surface area contributed by atoms with Crippen LogP contribution in [0.25, 0.3) is 0 Å². The molecule has 1 aromatic carbocycles. The molecular weight excluding hydrogens is 282 g/mol. The second-order valence-corrected chi connectivity index (χ2v) is 6.84. The number of benzene rings is 1. The summed E-state index contributed by atoms with van der Waals surface area (Å²) < 4.78 is 10.8. The van der Waals surface area contributed by atoms with Crippen molar-refractivity contribution >= 4 is 11.8 Å². The van der Waals surface area contributed by atoms with E-state index >= 15 is 0 Å². The van der Waals surface area contributed by atoms with Gasteiger partial charge in [-0.1, -0.05) is 19.3 Å². The quantitative estimate of drug-likeness (QED) is 0.796. The maximum Gasteiger partial charge on any atom is 0.161 e. The van der Waals surface area contributed by atoms with Gasteiger partial charge in [0.25, 0.3) is 0 Å². The largest absolute Gasteiger partial charge is 0.493 e. The van der Waals surface area contributed by atoms with Gasteiger partial charge in [0.1, 0.15) is 0 Å². The van der Waals surface area contributed by atoms with Gasteiger partial charge in [0.05, 0.1) is 14.2 Å². The fourth-order valence-electron chi connectivity index (χ4n) is 3.05. The fourth-order valence-corrected chi connectivity index (χ4v) is 3.67. The van der Waals surface area contributed by atoms with Gasteiger partial charge < -0.3 is 14.8 Å². The summed E-state index contributed by atoms with van der Waals surface area (Å²) in [4.78, 5) is 1.25. The highest BCUT2D eigenvalue weighted by atomic mass is 32.2. The zero-order chi connectivity index (χ0) is 15.3. The minimum atomic E-state index is 0.279. The first-order valence-electron chi connectivity index (χ1n) is 7.66. The normalized spacial score (nSPS) is 17.5. The molecule has 0 amide bonds. The fraction of sp³-hybridized carbons (Fsp3) is 0.647. The summed E-state index contributed by atoms with van der Waals surface area (Å²) in [5.74, 6) is 1.61. The Morgan fingerprint density at radius 1 is 1.10 bits per heavy atom. The minimum Gasteiger partial charge on any atom is -0.493 e. The van der Waals surface area contributed by atoms with Crippen LogP contribution in [0.2, 0.25) is 0 Å². The van der Waals surface area contributed by atoms with E-state index < -0.39 is 0 Å². The topological polar surface area (TPSA) is 30.5 Å². The summed E-state index contributed by atoms with van der Waals surface area (Å²) in [7, 11) is 3.37. The van der Waals surface area contributed by atoms with E-state index in [9.17, 15) is 0 Å². The lowest BCUT2D eigenvalue weighted by molar-refractivity contribution is 0.251. The van der Waals surface area contributed by atoms with Gasteiger partial charge in [0, 0.05) is 17.0 Å². The van der Waals surface area contributed by atoms with Gasteiger partial charge in [-0.2, -0.15) is 0 Å². The summed E-state index contributed by atoms with van der Waals surface area (Å²) in [5, 5.41) is 3.77. The Bertz CT molecular complexity index is 470. The zero-order valence-corrected chi connectivity index (χ0v) is 14.4. The Morgan fingerprint density at radius 3 is 2.29 bits per heavy atom. The van der Waals surface area contributed by atoms with Crippen molar-refractivity contribution in [3.63, 3.8) is 0 Å². The molecular formula is C17H27NO2S. The molecule has 0 aromatic heterocycles. The molecule has 1 saturated carbocycles. The number of hydrogen-bond acceptors (Lipinski definition) is 4. The molecule has 0 heterocycles. The van der Waals surface area contributed by atoms with Crippen molar-refractivity contribution in [1.29, 1.82) is 0 Å². The van der Waals surface area contributed by atoms with Gasteiger partial charge in [-0.15, -0.1) is 11.8 Å². The van der Waals surface area contributed by atoms with Gasteiger partial charge in [0.2, 0.25) is 0 Å². The molecule has 1 aliphatic rings. The van der Waals surface area contributed by atoms with Gasteiger partial charge in [-0.25, -0.2) is 0 Å². The lowest BCUT2D eigenvalue weighted by Gasteiger charge is -2.35. The van der Waals surface area contributed by atoms with Crippen LogP contribution in [0.1, 0.15) is 44.6 Å². The van der Waals surface area contributed by atoms with Crippen molar-refractivity contribution in [2.75, 3.05) is 20.5 Å². The summed E-state index contributed by atoms with van der Waals surface area (Å²) in [5.41, 5.74) is 1.56. The van der Waals surface area contributed by atoms with E-state index in [0.717, 1.165) is 18.0 Å². The van der Waals surface area contributed by atoms with E-state index in [2.05, 4.69) is 30.6 Å². The van der Waals surface area contributed by atoms with Crippen molar-refractivity contribution in [3.05, 3.63) is 17.7 Å². The molecule has 0 aliphatic heterocycles.